The van der Waals surface area contributed by atoms with Gasteiger partial charge in [0, 0.05) is 50.3 Å². The predicted octanol–water partition coefficient (Wildman–Crippen LogP) is 1.98. The summed E-state index contributed by atoms with van der Waals surface area (Å²) in [6.07, 6.45) is 1.66. The van der Waals surface area contributed by atoms with E-state index in [1.165, 1.54) is 4.90 Å². The average molecular weight is 342 g/mol. The van der Waals surface area contributed by atoms with Crippen molar-refractivity contribution in [3.05, 3.63) is 47.2 Å². The fourth-order valence-corrected chi connectivity index (χ4v) is 3.07. The third-order valence-electron chi connectivity index (χ3n) is 4.53. The van der Waals surface area contributed by atoms with E-state index in [-0.39, 0.29) is 17.7 Å². The zero-order chi connectivity index (χ0) is 18.0. The number of aromatic nitrogens is 1. The van der Waals surface area contributed by atoms with Gasteiger partial charge in [0.1, 0.15) is 0 Å². The number of piperidine rings is 1. The molecule has 3 rings (SSSR count). The first-order valence-corrected chi connectivity index (χ1v) is 8.29. The summed E-state index contributed by atoms with van der Waals surface area (Å²) in [4.78, 5) is 27.9. The third-order valence-corrected chi connectivity index (χ3v) is 4.53. The van der Waals surface area contributed by atoms with Gasteiger partial charge in [-0.05, 0) is 37.1 Å². The molecule has 0 saturated carbocycles. The van der Waals surface area contributed by atoms with Crippen LogP contribution in [0, 0.1) is 0 Å². The van der Waals surface area contributed by atoms with Gasteiger partial charge in [-0.15, -0.1) is 0 Å². The Balaban J connectivity index is 1.61. The maximum Gasteiger partial charge on any atom is 0.253 e. The molecule has 132 valence electrons. The molecule has 2 N–H and O–H groups in total. The highest BCUT2D eigenvalue weighted by atomic mass is 16.5. The lowest BCUT2D eigenvalue weighted by Crippen LogP contribution is -2.38. The lowest BCUT2D eigenvalue weighted by atomic mass is 9.93. The van der Waals surface area contributed by atoms with Gasteiger partial charge >= 0.3 is 0 Å². The maximum absolute atomic E-state index is 12.6. The normalized spacial score (nSPS) is 15.2. The minimum atomic E-state index is -0.0771. The van der Waals surface area contributed by atoms with Crippen molar-refractivity contribution < 1.29 is 14.1 Å². The van der Waals surface area contributed by atoms with E-state index in [1.54, 1.807) is 44.4 Å². The third kappa shape index (κ3) is 3.65. The molecule has 1 aromatic carbocycles. The smallest absolute Gasteiger partial charge is 0.253 e. The van der Waals surface area contributed by atoms with Crippen LogP contribution in [0.3, 0.4) is 0 Å². The number of carbonyl (C=O) groups is 2. The summed E-state index contributed by atoms with van der Waals surface area (Å²) in [7, 11) is 3.40. The number of nitrogens with zero attached hydrogens (tertiary/aromatic N) is 3. The number of anilines is 1. The van der Waals surface area contributed by atoms with E-state index in [0.29, 0.717) is 30.1 Å². The number of likely N-dealkylation sites (tertiary alicyclic amines) is 1. The number of hydrogen-bond donors (Lipinski definition) is 1. The minimum absolute atomic E-state index is 0.0121. The van der Waals surface area contributed by atoms with Crippen LogP contribution in [-0.4, -0.2) is 54.0 Å². The molecule has 0 radical (unpaired) electrons. The van der Waals surface area contributed by atoms with Crippen LogP contribution < -0.4 is 5.73 Å². The van der Waals surface area contributed by atoms with Crippen LogP contribution in [-0.2, 0) is 0 Å². The maximum atomic E-state index is 12.6. The van der Waals surface area contributed by atoms with Gasteiger partial charge in [-0.25, -0.2) is 0 Å². The molecule has 0 unspecified atom stereocenters. The number of nitrogens with two attached hydrogens (primary N) is 1. The molecule has 1 aliphatic rings. The Hall–Kier alpha value is -2.83. The van der Waals surface area contributed by atoms with Crippen molar-refractivity contribution in [3.8, 4) is 0 Å². The summed E-state index contributed by atoms with van der Waals surface area (Å²) in [5, 5.41) is 3.97. The molecular formula is C18H22N4O3. The zero-order valence-corrected chi connectivity index (χ0v) is 14.4. The van der Waals surface area contributed by atoms with Crippen molar-refractivity contribution in [2.45, 2.75) is 18.8 Å². The number of amides is 2. The average Bonchev–Trinajstić information content (AvgIpc) is 3.07. The van der Waals surface area contributed by atoms with Crippen LogP contribution in [0.25, 0.3) is 0 Å². The van der Waals surface area contributed by atoms with Gasteiger partial charge in [-0.1, -0.05) is 5.16 Å². The van der Waals surface area contributed by atoms with Crippen LogP contribution in [0.2, 0.25) is 0 Å². The number of carbonyl (C=O) groups excluding carboxylic acids is 2. The molecule has 2 aromatic rings. The van der Waals surface area contributed by atoms with Crippen molar-refractivity contribution >= 4 is 17.7 Å². The second-order valence-electron chi connectivity index (χ2n) is 6.50. The second kappa shape index (κ2) is 6.96. The topological polar surface area (TPSA) is 92.7 Å². The Morgan fingerprint density at radius 2 is 1.76 bits per heavy atom. The van der Waals surface area contributed by atoms with E-state index >= 15 is 0 Å². The van der Waals surface area contributed by atoms with Crippen molar-refractivity contribution in [1.82, 2.24) is 15.0 Å². The summed E-state index contributed by atoms with van der Waals surface area (Å²) in [5.41, 5.74) is 7.60. The van der Waals surface area contributed by atoms with Crippen LogP contribution in [0.4, 0.5) is 5.88 Å². The highest BCUT2D eigenvalue weighted by Gasteiger charge is 2.26. The van der Waals surface area contributed by atoms with E-state index in [9.17, 15) is 9.59 Å². The molecule has 7 heteroatoms. The second-order valence-corrected chi connectivity index (χ2v) is 6.50. The molecular weight excluding hydrogens is 320 g/mol. The van der Waals surface area contributed by atoms with Crippen LogP contribution in [0.5, 0.6) is 0 Å². The van der Waals surface area contributed by atoms with Gasteiger partial charge in [-0.2, -0.15) is 0 Å². The first-order valence-electron chi connectivity index (χ1n) is 8.29. The van der Waals surface area contributed by atoms with E-state index in [0.717, 1.165) is 18.5 Å². The molecule has 1 aliphatic heterocycles. The Labute approximate surface area is 146 Å². The Kier molecular flexibility index (Phi) is 4.74. The molecule has 0 spiro atoms. The van der Waals surface area contributed by atoms with Gasteiger partial charge in [-0.3, -0.25) is 9.59 Å². The molecule has 2 amide bonds. The predicted molar refractivity (Wildman–Crippen MR) is 93.3 cm³/mol. The summed E-state index contributed by atoms with van der Waals surface area (Å²) in [5.74, 6) is 0.500. The van der Waals surface area contributed by atoms with Gasteiger partial charge in [0.2, 0.25) is 5.88 Å². The molecule has 2 heterocycles. The van der Waals surface area contributed by atoms with Crippen molar-refractivity contribution in [3.63, 3.8) is 0 Å². The van der Waals surface area contributed by atoms with E-state index in [4.69, 9.17) is 10.3 Å². The summed E-state index contributed by atoms with van der Waals surface area (Å²) in [6.45, 7) is 1.32. The lowest BCUT2D eigenvalue weighted by Gasteiger charge is -2.31. The summed E-state index contributed by atoms with van der Waals surface area (Å²) in [6, 6.07) is 8.57. The lowest BCUT2D eigenvalue weighted by molar-refractivity contribution is 0.0710. The van der Waals surface area contributed by atoms with Crippen molar-refractivity contribution in [1.29, 1.82) is 0 Å². The molecule has 0 aliphatic carbocycles. The highest BCUT2D eigenvalue weighted by molar-refractivity contribution is 5.97. The van der Waals surface area contributed by atoms with Crippen molar-refractivity contribution in [2.24, 2.45) is 0 Å². The molecule has 7 nitrogen and oxygen atoms in total. The standard InChI is InChI=1S/C18H22N4O3/c1-21(2)17(23)13-3-5-14(6-4-13)18(24)22-9-7-12(8-10-22)15-11-16(19)25-20-15/h3-6,11-12H,7-10,19H2,1-2H3. The highest BCUT2D eigenvalue weighted by Crippen LogP contribution is 2.28. The molecule has 1 fully saturated rings. The number of rotatable bonds is 3. The Morgan fingerprint density at radius 1 is 1.16 bits per heavy atom. The summed E-state index contributed by atoms with van der Waals surface area (Å²) >= 11 is 0. The Morgan fingerprint density at radius 3 is 2.28 bits per heavy atom. The fourth-order valence-electron chi connectivity index (χ4n) is 3.07. The van der Waals surface area contributed by atoms with Crippen LogP contribution in [0.1, 0.15) is 45.2 Å². The number of benzene rings is 1. The monoisotopic (exact) mass is 342 g/mol. The molecule has 0 atom stereocenters. The minimum Gasteiger partial charge on any atom is -0.368 e. The fraction of sp³-hybridized carbons (Fsp3) is 0.389. The molecule has 25 heavy (non-hydrogen) atoms. The van der Waals surface area contributed by atoms with E-state index in [2.05, 4.69) is 5.16 Å². The number of nitrogen functional groups attached to an aromatic ring is 1. The first-order chi connectivity index (χ1) is 12.0. The van der Waals surface area contributed by atoms with Gasteiger partial charge in [0.25, 0.3) is 11.8 Å². The Bertz CT molecular complexity index is 759. The first kappa shape index (κ1) is 17.0. The SMILES string of the molecule is CN(C)C(=O)c1ccc(C(=O)N2CCC(c3cc(N)on3)CC2)cc1. The number of hydrogen-bond acceptors (Lipinski definition) is 5. The van der Waals surface area contributed by atoms with E-state index < -0.39 is 0 Å². The zero-order valence-electron chi connectivity index (χ0n) is 14.4. The molecule has 1 aromatic heterocycles. The van der Waals surface area contributed by atoms with Crippen LogP contribution >= 0.6 is 0 Å². The van der Waals surface area contributed by atoms with Crippen LogP contribution in [0.15, 0.2) is 34.9 Å². The van der Waals surface area contributed by atoms with Gasteiger partial charge < -0.3 is 20.1 Å². The molecule has 1 saturated heterocycles. The van der Waals surface area contributed by atoms with Crippen molar-refractivity contribution in [2.75, 3.05) is 32.9 Å². The van der Waals surface area contributed by atoms with Gasteiger partial charge in [0.05, 0.1) is 5.69 Å². The molecule has 0 bridgehead atoms. The summed E-state index contributed by atoms with van der Waals surface area (Å²) < 4.78 is 4.92. The quantitative estimate of drug-likeness (QED) is 0.921. The largest absolute Gasteiger partial charge is 0.368 e. The van der Waals surface area contributed by atoms with Gasteiger partial charge in [0.15, 0.2) is 0 Å². The van der Waals surface area contributed by atoms with E-state index in [1.807, 2.05) is 4.90 Å².